The van der Waals surface area contributed by atoms with Crippen LogP contribution in [0.5, 0.6) is 0 Å². The molecule has 1 heterocycles. The lowest BCUT2D eigenvalue weighted by molar-refractivity contribution is 0.0591. The van der Waals surface area contributed by atoms with Crippen LogP contribution in [0.1, 0.15) is 22.5 Å². The molecule has 0 unspecified atom stereocenters. The first-order chi connectivity index (χ1) is 6.99. The van der Waals surface area contributed by atoms with E-state index >= 15 is 0 Å². The summed E-state index contributed by atoms with van der Waals surface area (Å²) >= 11 is 1.43. The number of ether oxygens (including phenoxy) is 1. The average molecular weight is 331 g/mol. The van der Waals surface area contributed by atoms with E-state index in [0.29, 0.717) is 6.20 Å². The molecule has 82 valence electrons. The molecule has 0 saturated heterocycles. The third-order valence-electron chi connectivity index (χ3n) is 1.60. The van der Waals surface area contributed by atoms with E-state index in [-0.39, 0.29) is 9.26 Å². The lowest BCUT2D eigenvalue weighted by Gasteiger charge is -2.06. The second-order valence-electron chi connectivity index (χ2n) is 2.48. The van der Waals surface area contributed by atoms with Crippen molar-refractivity contribution in [1.82, 2.24) is 4.98 Å². The molecule has 0 aromatic carbocycles. The van der Waals surface area contributed by atoms with Crippen LogP contribution in [0.25, 0.3) is 0 Å². The fourth-order valence-corrected chi connectivity index (χ4v) is 1.54. The molecule has 15 heavy (non-hydrogen) atoms. The largest absolute Gasteiger partial charge is 0.464 e. The first kappa shape index (κ1) is 12.2. The second-order valence-corrected chi connectivity index (χ2v) is 3.56. The Morgan fingerprint density at radius 2 is 2.20 bits per heavy atom. The standard InChI is InChI=1S/C8H5F3INO2/c1-15-8(14)6-5(12)4(9)3(2-13-6)7(10)11/h2,7H,1H3. The van der Waals surface area contributed by atoms with E-state index in [4.69, 9.17) is 0 Å². The van der Waals surface area contributed by atoms with Crippen molar-refractivity contribution in [2.24, 2.45) is 0 Å². The van der Waals surface area contributed by atoms with Gasteiger partial charge in [0.15, 0.2) is 5.69 Å². The van der Waals surface area contributed by atoms with Gasteiger partial charge >= 0.3 is 5.97 Å². The maximum atomic E-state index is 13.3. The van der Waals surface area contributed by atoms with Crippen LogP contribution in [0.15, 0.2) is 6.20 Å². The third-order valence-corrected chi connectivity index (χ3v) is 2.59. The van der Waals surface area contributed by atoms with E-state index in [1.165, 1.54) is 22.6 Å². The van der Waals surface area contributed by atoms with Crippen molar-refractivity contribution in [2.45, 2.75) is 6.43 Å². The van der Waals surface area contributed by atoms with Crippen molar-refractivity contribution < 1.29 is 22.7 Å². The highest BCUT2D eigenvalue weighted by Gasteiger charge is 2.22. The highest BCUT2D eigenvalue weighted by Crippen LogP contribution is 2.26. The van der Waals surface area contributed by atoms with Crippen molar-refractivity contribution in [2.75, 3.05) is 7.11 Å². The minimum atomic E-state index is -2.96. The van der Waals surface area contributed by atoms with Crippen LogP contribution in [0.3, 0.4) is 0 Å². The molecule has 0 atom stereocenters. The summed E-state index contributed by atoms with van der Waals surface area (Å²) in [6, 6.07) is 0. The van der Waals surface area contributed by atoms with Gasteiger partial charge in [-0.25, -0.2) is 22.9 Å². The summed E-state index contributed by atoms with van der Waals surface area (Å²) in [6.07, 6.45) is -2.33. The zero-order valence-corrected chi connectivity index (χ0v) is 9.59. The zero-order chi connectivity index (χ0) is 11.6. The number of nitrogens with zero attached hydrogens (tertiary/aromatic N) is 1. The number of rotatable bonds is 2. The van der Waals surface area contributed by atoms with Gasteiger partial charge in [0.25, 0.3) is 6.43 Å². The highest BCUT2D eigenvalue weighted by atomic mass is 127. The molecular formula is C8H5F3INO2. The monoisotopic (exact) mass is 331 g/mol. The summed E-state index contributed by atoms with van der Waals surface area (Å²) in [5.41, 5.74) is -1.13. The second kappa shape index (κ2) is 4.77. The molecule has 1 aromatic rings. The predicted molar refractivity (Wildman–Crippen MR) is 53.2 cm³/mol. The molecule has 0 N–H and O–H groups in total. The molecule has 0 aliphatic rings. The van der Waals surface area contributed by atoms with Gasteiger partial charge in [-0.1, -0.05) is 0 Å². The molecule has 0 aliphatic heterocycles. The van der Waals surface area contributed by atoms with Gasteiger partial charge in [0.1, 0.15) is 5.82 Å². The maximum absolute atomic E-state index is 13.3. The Kier molecular flexibility index (Phi) is 3.89. The van der Waals surface area contributed by atoms with Crippen LogP contribution in [-0.2, 0) is 4.74 Å². The Labute approximate surface area is 96.8 Å². The minimum absolute atomic E-state index is 0.266. The Bertz CT molecular complexity index is 398. The van der Waals surface area contributed by atoms with Crippen molar-refractivity contribution in [3.8, 4) is 0 Å². The van der Waals surface area contributed by atoms with Crippen molar-refractivity contribution >= 4 is 28.6 Å². The molecule has 1 aromatic heterocycles. The van der Waals surface area contributed by atoms with E-state index in [0.717, 1.165) is 7.11 Å². The quantitative estimate of drug-likeness (QED) is 0.618. The van der Waals surface area contributed by atoms with E-state index in [2.05, 4.69) is 9.72 Å². The topological polar surface area (TPSA) is 39.2 Å². The fraction of sp³-hybridized carbons (Fsp3) is 0.250. The van der Waals surface area contributed by atoms with E-state index in [1.807, 2.05) is 0 Å². The molecule has 0 radical (unpaired) electrons. The van der Waals surface area contributed by atoms with Gasteiger partial charge in [0.05, 0.1) is 16.2 Å². The van der Waals surface area contributed by atoms with Gasteiger partial charge in [0, 0.05) is 6.20 Å². The fourth-order valence-electron chi connectivity index (χ4n) is 0.869. The lowest BCUT2D eigenvalue weighted by Crippen LogP contribution is -2.10. The third kappa shape index (κ3) is 2.39. The van der Waals surface area contributed by atoms with Crippen LogP contribution in [0.4, 0.5) is 13.2 Å². The molecule has 1 rings (SSSR count). The predicted octanol–water partition coefficient (Wildman–Crippen LogP) is 2.55. The first-order valence-electron chi connectivity index (χ1n) is 3.69. The summed E-state index contributed by atoms with van der Waals surface area (Å²) in [5.74, 6) is -2.00. The van der Waals surface area contributed by atoms with Crippen molar-refractivity contribution in [3.05, 3.63) is 26.8 Å². The molecule has 0 bridgehead atoms. The summed E-state index contributed by atoms with van der Waals surface area (Å²) in [4.78, 5) is 14.5. The van der Waals surface area contributed by atoms with Crippen LogP contribution >= 0.6 is 22.6 Å². The van der Waals surface area contributed by atoms with Crippen molar-refractivity contribution in [1.29, 1.82) is 0 Å². The Morgan fingerprint density at radius 1 is 1.60 bits per heavy atom. The molecule has 0 spiro atoms. The zero-order valence-electron chi connectivity index (χ0n) is 7.43. The lowest BCUT2D eigenvalue weighted by atomic mass is 10.2. The maximum Gasteiger partial charge on any atom is 0.357 e. The van der Waals surface area contributed by atoms with Crippen molar-refractivity contribution in [3.63, 3.8) is 0 Å². The molecule has 3 nitrogen and oxygen atoms in total. The van der Waals surface area contributed by atoms with E-state index < -0.39 is 23.8 Å². The number of hydrogen-bond acceptors (Lipinski definition) is 3. The van der Waals surface area contributed by atoms with Crippen LogP contribution < -0.4 is 0 Å². The number of methoxy groups -OCH3 is 1. The average Bonchev–Trinajstić information content (AvgIpc) is 2.20. The normalized spacial score (nSPS) is 10.5. The van der Waals surface area contributed by atoms with Crippen LogP contribution in [0, 0.1) is 9.39 Å². The molecule has 0 saturated carbocycles. The summed E-state index contributed by atoms with van der Waals surface area (Å²) in [5, 5.41) is 0. The van der Waals surface area contributed by atoms with Gasteiger partial charge in [-0.05, 0) is 22.6 Å². The highest BCUT2D eigenvalue weighted by molar-refractivity contribution is 14.1. The smallest absolute Gasteiger partial charge is 0.357 e. The van der Waals surface area contributed by atoms with Gasteiger partial charge in [-0.15, -0.1) is 0 Å². The molecular weight excluding hydrogens is 326 g/mol. The number of alkyl halides is 2. The first-order valence-corrected chi connectivity index (χ1v) is 4.77. The van der Waals surface area contributed by atoms with Gasteiger partial charge in [0.2, 0.25) is 0 Å². The Balaban J connectivity index is 3.27. The SMILES string of the molecule is COC(=O)c1ncc(C(F)F)c(F)c1I. The number of halogens is 4. The Hall–Kier alpha value is -0.860. The summed E-state index contributed by atoms with van der Waals surface area (Å²) in [6.45, 7) is 0. The van der Waals surface area contributed by atoms with E-state index in [1.54, 1.807) is 0 Å². The Morgan fingerprint density at radius 3 is 2.67 bits per heavy atom. The number of hydrogen-bond donors (Lipinski definition) is 0. The number of carbonyl (C=O) groups is 1. The van der Waals surface area contributed by atoms with E-state index in [9.17, 15) is 18.0 Å². The van der Waals surface area contributed by atoms with Gasteiger partial charge in [-0.2, -0.15) is 0 Å². The minimum Gasteiger partial charge on any atom is -0.464 e. The molecule has 0 fully saturated rings. The number of aromatic nitrogens is 1. The van der Waals surface area contributed by atoms with Crippen LogP contribution in [0.2, 0.25) is 0 Å². The number of esters is 1. The number of pyridine rings is 1. The summed E-state index contributed by atoms with van der Waals surface area (Å²) < 4.78 is 41.8. The van der Waals surface area contributed by atoms with Gasteiger partial charge < -0.3 is 4.74 Å². The van der Waals surface area contributed by atoms with Gasteiger partial charge in [-0.3, -0.25) is 0 Å². The van der Waals surface area contributed by atoms with Crippen LogP contribution in [-0.4, -0.2) is 18.1 Å². The molecule has 7 heteroatoms. The molecule has 0 aliphatic carbocycles. The number of carbonyl (C=O) groups excluding carboxylic acids is 1. The summed E-state index contributed by atoms with van der Waals surface area (Å²) in [7, 11) is 1.10. The molecule has 0 amide bonds.